The van der Waals surface area contributed by atoms with E-state index in [1.54, 1.807) is 18.2 Å². The van der Waals surface area contributed by atoms with Crippen molar-refractivity contribution in [1.29, 1.82) is 0 Å². The summed E-state index contributed by atoms with van der Waals surface area (Å²) in [4.78, 5) is 0. The largest absolute Gasteiger partial charge is 0.486 e. The van der Waals surface area contributed by atoms with Gasteiger partial charge in [0, 0.05) is 22.9 Å². The highest BCUT2D eigenvalue weighted by molar-refractivity contribution is 7.98. The van der Waals surface area contributed by atoms with Gasteiger partial charge < -0.3 is 4.74 Å². The number of hydrogen-bond acceptors (Lipinski definition) is 4. The highest BCUT2D eigenvalue weighted by atomic mass is 35.5. The Bertz CT molecular complexity index is 924. The van der Waals surface area contributed by atoms with Crippen LogP contribution in [0.25, 0.3) is 0 Å². The van der Waals surface area contributed by atoms with Crippen LogP contribution in [-0.2, 0) is 18.9 Å². The fourth-order valence-corrected chi connectivity index (χ4v) is 3.82. The van der Waals surface area contributed by atoms with Crippen molar-refractivity contribution in [2.75, 3.05) is 0 Å². The van der Waals surface area contributed by atoms with Crippen molar-refractivity contribution in [3.8, 4) is 5.75 Å². The van der Waals surface area contributed by atoms with Crippen molar-refractivity contribution in [2.45, 2.75) is 31.0 Å². The third kappa shape index (κ3) is 4.90. The topological polar surface area (TPSA) is 39.9 Å². The Morgan fingerprint density at radius 1 is 1.26 bits per heavy atom. The molecule has 0 bridgehead atoms. The molecule has 0 radical (unpaired) electrons. The molecule has 0 N–H and O–H groups in total. The van der Waals surface area contributed by atoms with Crippen LogP contribution in [0.3, 0.4) is 0 Å². The summed E-state index contributed by atoms with van der Waals surface area (Å²) in [5.74, 6) is 1.49. The van der Waals surface area contributed by atoms with E-state index >= 15 is 0 Å². The van der Waals surface area contributed by atoms with Crippen LogP contribution in [0.1, 0.15) is 17.0 Å². The Kier molecular flexibility index (Phi) is 6.53. The van der Waals surface area contributed by atoms with E-state index in [4.69, 9.17) is 16.3 Å². The minimum absolute atomic E-state index is 0.283. The first-order chi connectivity index (χ1) is 13.1. The first-order valence-electron chi connectivity index (χ1n) is 8.36. The van der Waals surface area contributed by atoms with Crippen molar-refractivity contribution in [3.63, 3.8) is 0 Å². The van der Waals surface area contributed by atoms with Crippen molar-refractivity contribution < 1.29 is 9.13 Å². The smallest absolute Gasteiger partial charge is 0.191 e. The van der Waals surface area contributed by atoms with E-state index in [2.05, 4.69) is 16.8 Å². The molecule has 3 rings (SSSR count). The summed E-state index contributed by atoms with van der Waals surface area (Å²) in [6.45, 7) is 6.61. The second-order valence-electron chi connectivity index (χ2n) is 5.89. The minimum Gasteiger partial charge on any atom is -0.486 e. The Morgan fingerprint density at radius 3 is 2.81 bits per heavy atom. The third-order valence-corrected chi connectivity index (χ3v) is 5.22. The first-order valence-corrected chi connectivity index (χ1v) is 9.73. The summed E-state index contributed by atoms with van der Waals surface area (Å²) in [6, 6.07) is 12.5. The highest BCUT2D eigenvalue weighted by Gasteiger charge is 2.15. The summed E-state index contributed by atoms with van der Waals surface area (Å²) in [7, 11) is 0. The summed E-state index contributed by atoms with van der Waals surface area (Å²) < 4.78 is 21.7. The van der Waals surface area contributed by atoms with E-state index in [-0.39, 0.29) is 12.4 Å². The van der Waals surface area contributed by atoms with Crippen LogP contribution in [0.15, 0.2) is 60.3 Å². The number of aryl methyl sites for hydroxylation is 1. The fraction of sp³-hybridized carbons (Fsp3) is 0.200. The van der Waals surface area contributed by atoms with Gasteiger partial charge in [-0.15, -0.1) is 16.8 Å². The van der Waals surface area contributed by atoms with Gasteiger partial charge in [-0.2, -0.15) is 0 Å². The van der Waals surface area contributed by atoms with Crippen LogP contribution >= 0.6 is 23.4 Å². The maximum atomic E-state index is 14.0. The van der Waals surface area contributed by atoms with Gasteiger partial charge >= 0.3 is 0 Å². The van der Waals surface area contributed by atoms with Crippen LogP contribution in [0, 0.1) is 12.7 Å². The third-order valence-electron chi connectivity index (χ3n) is 3.87. The zero-order valence-corrected chi connectivity index (χ0v) is 16.4. The quantitative estimate of drug-likeness (QED) is 0.371. The lowest BCUT2D eigenvalue weighted by Gasteiger charge is -2.10. The summed E-state index contributed by atoms with van der Waals surface area (Å²) in [5, 5.41) is 9.51. The lowest BCUT2D eigenvalue weighted by Crippen LogP contribution is -2.07. The van der Waals surface area contributed by atoms with E-state index in [1.807, 2.05) is 35.8 Å². The predicted molar refractivity (Wildman–Crippen MR) is 107 cm³/mol. The Hall–Kier alpha value is -2.31. The number of rotatable bonds is 8. The molecule has 0 fully saturated rings. The van der Waals surface area contributed by atoms with Gasteiger partial charge in [0.15, 0.2) is 11.0 Å². The number of nitrogens with zero attached hydrogens (tertiary/aromatic N) is 3. The zero-order valence-electron chi connectivity index (χ0n) is 14.9. The molecule has 0 unspecified atom stereocenters. The van der Waals surface area contributed by atoms with Crippen molar-refractivity contribution in [3.05, 3.63) is 82.9 Å². The number of benzene rings is 2. The normalized spacial score (nSPS) is 10.8. The number of halogens is 2. The van der Waals surface area contributed by atoms with E-state index in [1.165, 1.54) is 17.8 Å². The molecular formula is C20H19ClFN3OS. The van der Waals surface area contributed by atoms with Crippen LogP contribution in [0.2, 0.25) is 5.02 Å². The standard InChI is InChI=1S/C20H19ClFN3OS/c1-3-10-25-19(12-26-15-7-4-6-14(2)11-15)23-24-20(25)27-13-16-17(21)8-5-9-18(16)22/h3-9,11H,1,10,12-13H2,2H3. The maximum absolute atomic E-state index is 14.0. The molecule has 0 amide bonds. The molecule has 27 heavy (non-hydrogen) atoms. The number of hydrogen-bond donors (Lipinski definition) is 0. The number of ether oxygens (including phenoxy) is 1. The highest BCUT2D eigenvalue weighted by Crippen LogP contribution is 2.28. The van der Waals surface area contributed by atoms with Crippen molar-refractivity contribution in [2.24, 2.45) is 0 Å². The molecule has 0 saturated carbocycles. The SMILES string of the molecule is C=CCn1c(COc2cccc(C)c2)nnc1SCc1c(F)cccc1Cl. The number of allylic oxidation sites excluding steroid dienone is 1. The van der Waals surface area contributed by atoms with Gasteiger partial charge in [-0.05, 0) is 36.8 Å². The lowest BCUT2D eigenvalue weighted by atomic mass is 10.2. The van der Waals surface area contributed by atoms with Gasteiger partial charge in [0.1, 0.15) is 18.2 Å². The average Bonchev–Trinajstić information content (AvgIpc) is 3.02. The van der Waals surface area contributed by atoms with E-state index in [0.717, 1.165) is 11.3 Å². The monoisotopic (exact) mass is 403 g/mol. The van der Waals surface area contributed by atoms with Gasteiger partial charge in [-0.3, -0.25) is 4.57 Å². The second kappa shape index (κ2) is 9.06. The molecule has 1 aromatic heterocycles. The van der Waals surface area contributed by atoms with Crippen LogP contribution in [0.5, 0.6) is 5.75 Å². The summed E-state index contributed by atoms with van der Waals surface area (Å²) >= 11 is 7.47. The molecular weight excluding hydrogens is 385 g/mol. The van der Waals surface area contributed by atoms with Crippen molar-refractivity contribution in [1.82, 2.24) is 14.8 Å². The molecule has 0 aliphatic heterocycles. The molecule has 1 heterocycles. The lowest BCUT2D eigenvalue weighted by molar-refractivity contribution is 0.289. The van der Waals surface area contributed by atoms with Crippen LogP contribution in [-0.4, -0.2) is 14.8 Å². The molecule has 0 aliphatic carbocycles. The molecule has 0 aliphatic rings. The van der Waals surface area contributed by atoms with Gasteiger partial charge in [-0.1, -0.05) is 47.6 Å². The molecule has 4 nitrogen and oxygen atoms in total. The Morgan fingerprint density at radius 2 is 2.07 bits per heavy atom. The first kappa shape index (κ1) is 19.5. The second-order valence-corrected chi connectivity index (χ2v) is 7.24. The Labute approximate surface area is 167 Å². The molecule has 140 valence electrons. The molecule has 0 saturated heterocycles. The fourth-order valence-electron chi connectivity index (χ4n) is 2.50. The van der Waals surface area contributed by atoms with Crippen molar-refractivity contribution >= 4 is 23.4 Å². The summed E-state index contributed by atoms with van der Waals surface area (Å²) in [5.41, 5.74) is 1.58. The van der Waals surface area contributed by atoms with E-state index in [9.17, 15) is 4.39 Å². The number of aromatic nitrogens is 3. The van der Waals surface area contributed by atoms with Gasteiger partial charge in [0.25, 0.3) is 0 Å². The van der Waals surface area contributed by atoms with E-state index in [0.29, 0.717) is 33.9 Å². The summed E-state index contributed by atoms with van der Waals surface area (Å²) in [6.07, 6.45) is 1.76. The molecule has 3 aromatic rings. The molecule has 0 atom stereocenters. The maximum Gasteiger partial charge on any atom is 0.191 e. The molecule has 0 spiro atoms. The van der Waals surface area contributed by atoms with E-state index < -0.39 is 0 Å². The van der Waals surface area contributed by atoms with Gasteiger partial charge in [0.05, 0.1) is 0 Å². The van der Waals surface area contributed by atoms with Gasteiger partial charge in [0.2, 0.25) is 0 Å². The minimum atomic E-state index is -0.326. The number of thioether (sulfide) groups is 1. The molecule has 2 aromatic carbocycles. The predicted octanol–water partition coefficient (Wildman–Crippen LogP) is 5.44. The zero-order chi connectivity index (χ0) is 19.2. The van der Waals surface area contributed by atoms with Crippen LogP contribution in [0.4, 0.5) is 4.39 Å². The van der Waals surface area contributed by atoms with Crippen LogP contribution < -0.4 is 4.74 Å². The van der Waals surface area contributed by atoms with Gasteiger partial charge in [-0.25, -0.2) is 4.39 Å². The Balaban J connectivity index is 1.73. The average molecular weight is 404 g/mol. The molecule has 7 heteroatoms.